The van der Waals surface area contributed by atoms with Gasteiger partial charge in [-0.3, -0.25) is 0 Å². The molecule has 0 aromatic heterocycles. The van der Waals surface area contributed by atoms with Crippen molar-refractivity contribution in [2.24, 2.45) is 5.92 Å². The van der Waals surface area contributed by atoms with Gasteiger partial charge in [-0.25, -0.2) is 4.79 Å². The summed E-state index contributed by atoms with van der Waals surface area (Å²) in [6.45, 7) is 4.85. The molecule has 0 aromatic rings. The molecule has 0 rings (SSSR count). The largest absolute Gasteiger partial charge is 0.444 e. The summed E-state index contributed by atoms with van der Waals surface area (Å²) in [4.78, 5) is 11.2. The monoisotopic (exact) mass is 257 g/mol. The van der Waals surface area contributed by atoms with Gasteiger partial charge in [-0.15, -0.1) is 0 Å². The predicted molar refractivity (Wildman–Crippen MR) is 55.5 cm³/mol. The van der Waals surface area contributed by atoms with Gasteiger partial charge < -0.3 is 15.2 Å². The third-order valence-corrected chi connectivity index (χ3v) is 2.02. The Hall–Kier alpha value is -0.980. The Labute approximate surface area is 98.1 Å². The van der Waals surface area contributed by atoms with Crippen LogP contribution in [0.3, 0.4) is 0 Å². The molecule has 0 spiro atoms. The lowest BCUT2D eigenvalue weighted by Crippen LogP contribution is -2.48. The lowest BCUT2D eigenvalue weighted by molar-refractivity contribution is -0.179. The van der Waals surface area contributed by atoms with E-state index in [1.54, 1.807) is 20.8 Å². The number of rotatable bonds is 3. The Morgan fingerprint density at radius 2 is 1.82 bits per heavy atom. The first-order chi connectivity index (χ1) is 7.47. The second-order valence-electron chi connectivity index (χ2n) is 4.77. The van der Waals surface area contributed by atoms with Crippen LogP contribution in [0.1, 0.15) is 27.7 Å². The van der Waals surface area contributed by atoms with Crippen molar-refractivity contribution in [3.8, 4) is 0 Å². The van der Waals surface area contributed by atoms with Crippen molar-refractivity contribution in [1.82, 2.24) is 5.32 Å². The number of alkyl carbamates (subject to hydrolysis) is 1. The van der Waals surface area contributed by atoms with Crippen molar-refractivity contribution in [3.05, 3.63) is 0 Å². The average Bonchev–Trinajstić information content (AvgIpc) is 2.08. The van der Waals surface area contributed by atoms with Gasteiger partial charge in [0.1, 0.15) is 5.60 Å². The maximum Gasteiger partial charge on any atom is 0.407 e. The van der Waals surface area contributed by atoms with Crippen molar-refractivity contribution in [2.75, 3.05) is 6.61 Å². The number of hydrogen-bond donors (Lipinski definition) is 2. The number of alkyl halides is 3. The number of nitrogens with one attached hydrogen (secondary N) is 1. The zero-order chi connectivity index (χ0) is 13.9. The molecule has 4 nitrogen and oxygen atoms in total. The molecule has 0 aliphatic carbocycles. The fraction of sp³-hybridized carbons (Fsp3) is 0.900. The molecule has 0 heterocycles. The minimum Gasteiger partial charge on any atom is -0.444 e. The minimum atomic E-state index is -4.48. The third-order valence-electron chi connectivity index (χ3n) is 2.02. The molecule has 7 heteroatoms. The summed E-state index contributed by atoms with van der Waals surface area (Å²) in [7, 11) is 0. The highest BCUT2D eigenvalue weighted by Gasteiger charge is 2.42. The highest BCUT2D eigenvalue weighted by molar-refractivity contribution is 5.68. The molecule has 0 saturated carbocycles. The number of carbonyl (C=O) groups excluding carboxylic acids is 1. The Kier molecular flexibility index (Phi) is 5.25. The summed E-state index contributed by atoms with van der Waals surface area (Å²) < 4.78 is 41.9. The SMILES string of the molecule is C[C@@H]([C@@H](CO)NC(=O)OC(C)(C)C)C(F)(F)F. The molecule has 2 N–H and O–H groups in total. The summed E-state index contributed by atoms with van der Waals surface area (Å²) in [5.41, 5.74) is -0.800. The standard InChI is InChI=1S/C10H18F3NO3/c1-6(10(11,12)13)7(5-15)14-8(16)17-9(2,3)4/h6-7,15H,5H2,1-4H3,(H,14,16)/t6-,7+/m0/s1. The molecule has 0 bridgehead atoms. The molecular formula is C10H18F3NO3. The Morgan fingerprint density at radius 1 is 1.35 bits per heavy atom. The second kappa shape index (κ2) is 5.57. The fourth-order valence-electron chi connectivity index (χ4n) is 1.02. The van der Waals surface area contributed by atoms with E-state index < -0.39 is 36.4 Å². The van der Waals surface area contributed by atoms with Crippen LogP contribution in [0.25, 0.3) is 0 Å². The van der Waals surface area contributed by atoms with E-state index in [9.17, 15) is 18.0 Å². The topological polar surface area (TPSA) is 58.6 Å². The quantitative estimate of drug-likeness (QED) is 0.813. The summed E-state index contributed by atoms with van der Waals surface area (Å²) in [6, 6.07) is -1.41. The zero-order valence-electron chi connectivity index (χ0n) is 10.3. The molecule has 17 heavy (non-hydrogen) atoms. The van der Waals surface area contributed by atoms with Gasteiger partial charge in [-0.05, 0) is 20.8 Å². The van der Waals surface area contributed by atoms with Crippen LogP contribution in [0.15, 0.2) is 0 Å². The van der Waals surface area contributed by atoms with E-state index in [0.717, 1.165) is 6.92 Å². The van der Waals surface area contributed by atoms with Crippen LogP contribution < -0.4 is 5.32 Å². The summed E-state index contributed by atoms with van der Waals surface area (Å²) >= 11 is 0. The number of carbonyl (C=O) groups is 1. The maximum absolute atomic E-state index is 12.4. The van der Waals surface area contributed by atoms with Crippen molar-refractivity contribution in [3.63, 3.8) is 0 Å². The predicted octanol–water partition coefficient (Wildman–Crippen LogP) is 2.07. The highest BCUT2D eigenvalue weighted by Crippen LogP contribution is 2.28. The first-order valence-corrected chi connectivity index (χ1v) is 5.14. The lowest BCUT2D eigenvalue weighted by atomic mass is 10.0. The van der Waals surface area contributed by atoms with E-state index >= 15 is 0 Å². The van der Waals surface area contributed by atoms with E-state index in [-0.39, 0.29) is 0 Å². The highest BCUT2D eigenvalue weighted by atomic mass is 19.4. The molecule has 0 fully saturated rings. The van der Waals surface area contributed by atoms with E-state index in [2.05, 4.69) is 0 Å². The number of halogens is 3. The molecule has 0 aliphatic heterocycles. The van der Waals surface area contributed by atoms with Crippen molar-refractivity contribution in [2.45, 2.75) is 45.5 Å². The summed E-state index contributed by atoms with van der Waals surface area (Å²) in [5.74, 6) is -1.85. The van der Waals surface area contributed by atoms with Gasteiger partial charge in [0.25, 0.3) is 0 Å². The van der Waals surface area contributed by atoms with Gasteiger partial charge >= 0.3 is 12.3 Å². The maximum atomic E-state index is 12.4. The van der Waals surface area contributed by atoms with Gasteiger partial charge in [0.05, 0.1) is 18.6 Å². The second-order valence-corrected chi connectivity index (χ2v) is 4.77. The Morgan fingerprint density at radius 3 is 2.12 bits per heavy atom. The van der Waals surface area contributed by atoms with Gasteiger partial charge in [-0.2, -0.15) is 13.2 Å². The number of hydrogen-bond acceptors (Lipinski definition) is 3. The van der Waals surface area contributed by atoms with Gasteiger partial charge in [0, 0.05) is 0 Å². The van der Waals surface area contributed by atoms with E-state index in [0.29, 0.717) is 0 Å². The van der Waals surface area contributed by atoms with Crippen LogP contribution in [0.5, 0.6) is 0 Å². The van der Waals surface area contributed by atoms with Crippen LogP contribution in [-0.2, 0) is 4.74 Å². The molecule has 0 aromatic carbocycles. The van der Waals surface area contributed by atoms with Crippen LogP contribution in [0.2, 0.25) is 0 Å². The van der Waals surface area contributed by atoms with Crippen molar-refractivity contribution < 1.29 is 27.8 Å². The van der Waals surface area contributed by atoms with Crippen molar-refractivity contribution in [1.29, 1.82) is 0 Å². The van der Waals surface area contributed by atoms with E-state index in [1.165, 1.54) is 0 Å². The van der Waals surface area contributed by atoms with Gasteiger partial charge in [0.15, 0.2) is 0 Å². The number of ether oxygens (including phenoxy) is 1. The van der Waals surface area contributed by atoms with Crippen LogP contribution in [0.4, 0.5) is 18.0 Å². The van der Waals surface area contributed by atoms with Crippen molar-refractivity contribution >= 4 is 6.09 Å². The summed E-state index contributed by atoms with van der Waals surface area (Å²) in [5, 5.41) is 10.8. The average molecular weight is 257 g/mol. The number of aliphatic hydroxyl groups excluding tert-OH is 1. The Bertz CT molecular complexity index is 261. The molecule has 2 atom stereocenters. The first-order valence-electron chi connectivity index (χ1n) is 5.14. The number of amides is 1. The van der Waals surface area contributed by atoms with E-state index in [4.69, 9.17) is 9.84 Å². The molecule has 0 unspecified atom stereocenters. The minimum absolute atomic E-state index is 0.800. The fourth-order valence-corrected chi connectivity index (χ4v) is 1.02. The molecular weight excluding hydrogens is 239 g/mol. The molecule has 0 aliphatic rings. The van der Waals surface area contributed by atoms with Crippen LogP contribution in [-0.4, -0.2) is 35.6 Å². The zero-order valence-corrected chi connectivity index (χ0v) is 10.3. The number of aliphatic hydroxyl groups is 1. The molecule has 0 radical (unpaired) electrons. The normalized spacial score (nSPS) is 16.2. The Balaban J connectivity index is 4.47. The molecule has 1 amide bonds. The lowest BCUT2D eigenvalue weighted by Gasteiger charge is -2.27. The van der Waals surface area contributed by atoms with Crippen LogP contribution >= 0.6 is 0 Å². The molecule has 0 saturated heterocycles. The molecule has 102 valence electrons. The van der Waals surface area contributed by atoms with Gasteiger partial charge in [0.2, 0.25) is 0 Å². The smallest absolute Gasteiger partial charge is 0.407 e. The van der Waals surface area contributed by atoms with Crippen LogP contribution in [0, 0.1) is 5.92 Å². The summed E-state index contributed by atoms with van der Waals surface area (Å²) in [6.07, 6.45) is -5.46. The first kappa shape index (κ1) is 16.0. The van der Waals surface area contributed by atoms with Gasteiger partial charge in [-0.1, -0.05) is 6.92 Å². The third kappa shape index (κ3) is 6.35. The van der Waals surface area contributed by atoms with E-state index in [1.807, 2.05) is 5.32 Å².